The van der Waals surface area contributed by atoms with Crippen LogP contribution in [0.25, 0.3) is 0 Å². The molecular formula is C13H19F3N2O. The lowest BCUT2D eigenvalue weighted by Crippen LogP contribution is -2.26. The van der Waals surface area contributed by atoms with Gasteiger partial charge in [0, 0.05) is 32.2 Å². The first kappa shape index (κ1) is 15.9. The van der Waals surface area contributed by atoms with Gasteiger partial charge in [-0.1, -0.05) is 6.92 Å². The number of ether oxygens (including phenoxy) is 1. The third-order valence-electron chi connectivity index (χ3n) is 2.78. The van der Waals surface area contributed by atoms with E-state index in [-0.39, 0.29) is 5.56 Å². The molecule has 108 valence electrons. The van der Waals surface area contributed by atoms with Gasteiger partial charge in [-0.15, -0.1) is 0 Å². The summed E-state index contributed by atoms with van der Waals surface area (Å²) >= 11 is 0. The Kier molecular flexibility index (Phi) is 6.24. The molecule has 1 rings (SSSR count). The molecule has 1 unspecified atom stereocenters. The van der Waals surface area contributed by atoms with Crippen LogP contribution >= 0.6 is 0 Å². The summed E-state index contributed by atoms with van der Waals surface area (Å²) in [5.41, 5.74) is -0.451. The molecule has 1 heterocycles. The van der Waals surface area contributed by atoms with E-state index >= 15 is 0 Å². The summed E-state index contributed by atoms with van der Waals surface area (Å²) in [7, 11) is 1.53. The normalized spacial score (nSPS) is 13.5. The second-order valence-corrected chi connectivity index (χ2v) is 4.25. The Morgan fingerprint density at radius 1 is 1.42 bits per heavy atom. The molecule has 1 aromatic heterocycles. The Bertz CT molecular complexity index is 374. The highest BCUT2D eigenvalue weighted by atomic mass is 19.4. The van der Waals surface area contributed by atoms with Crippen LogP contribution in [0.3, 0.4) is 0 Å². The molecule has 0 bridgehead atoms. The van der Waals surface area contributed by atoms with Crippen molar-refractivity contribution in [1.82, 2.24) is 10.3 Å². The van der Waals surface area contributed by atoms with E-state index < -0.39 is 17.8 Å². The molecule has 0 aromatic carbocycles. The maximum atomic E-state index is 13.0. The van der Waals surface area contributed by atoms with Crippen molar-refractivity contribution in [3.63, 3.8) is 0 Å². The fraction of sp³-hybridized carbons (Fsp3) is 0.615. The second kappa shape index (κ2) is 7.45. The van der Waals surface area contributed by atoms with Gasteiger partial charge in [0.2, 0.25) is 0 Å². The zero-order valence-electron chi connectivity index (χ0n) is 11.1. The van der Waals surface area contributed by atoms with E-state index in [4.69, 9.17) is 4.74 Å². The molecule has 0 saturated heterocycles. The lowest BCUT2D eigenvalue weighted by molar-refractivity contribution is -0.138. The molecule has 1 aromatic rings. The summed E-state index contributed by atoms with van der Waals surface area (Å²) < 4.78 is 43.9. The minimum atomic E-state index is -4.36. The molecule has 0 fully saturated rings. The number of nitrogens with zero attached hydrogens (tertiary/aromatic N) is 1. The number of pyridine rings is 1. The van der Waals surface area contributed by atoms with Gasteiger partial charge >= 0.3 is 6.18 Å². The maximum Gasteiger partial charge on any atom is 0.416 e. The summed E-state index contributed by atoms with van der Waals surface area (Å²) in [6.45, 7) is 3.02. The zero-order chi connectivity index (χ0) is 14.3. The smallest absolute Gasteiger partial charge is 0.385 e. The molecular weight excluding hydrogens is 257 g/mol. The second-order valence-electron chi connectivity index (χ2n) is 4.25. The fourth-order valence-corrected chi connectivity index (χ4v) is 1.86. The molecule has 0 radical (unpaired) electrons. The van der Waals surface area contributed by atoms with Crippen molar-refractivity contribution in [2.45, 2.75) is 32.0 Å². The van der Waals surface area contributed by atoms with Crippen LogP contribution in [0.15, 0.2) is 18.5 Å². The molecule has 0 spiro atoms. The van der Waals surface area contributed by atoms with Gasteiger partial charge in [-0.05, 0) is 31.0 Å². The lowest BCUT2D eigenvalue weighted by atomic mass is 10.00. The summed E-state index contributed by atoms with van der Waals surface area (Å²) in [5, 5.41) is 3.11. The Hall–Kier alpha value is -1.14. The molecule has 6 heteroatoms. The molecule has 0 aliphatic rings. The van der Waals surface area contributed by atoms with Crippen molar-refractivity contribution in [3.05, 3.63) is 29.6 Å². The van der Waals surface area contributed by atoms with Crippen molar-refractivity contribution in [2.75, 3.05) is 20.3 Å². The molecule has 19 heavy (non-hydrogen) atoms. The number of rotatable bonds is 7. The highest BCUT2D eigenvalue weighted by Crippen LogP contribution is 2.34. The van der Waals surface area contributed by atoms with Crippen LogP contribution in [0.5, 0.6) is 0 Å². The molecule has 0 aliphatic heterocycles. The van der Waals surface area contributed by atoms with Crippen LogP contribution in [-0.2, 0) is 10.9 Å². The van der Waals surface area contributed by atoms with Crippen molar-refractivity contribution in [3.8, 4) is 0 Å². The Morgan fingerprint density at radius 2 is 2.16 bits per heavy atom. The van der Waals surface area contributed by atoms with Gasteiger partial charge in [0.15, 0.2) is 0 Å². The van der Waals surface area contributed by atoms with Crippen LogP contribution < -0.4 is 5.32 Å². The molecule has 1 N–H and O–H groups in total. The quantitative estimate of drug-likeness (QED) is 0.830. The minimum Gasteiger partial charge on any atom is -0.385 e. The Balaban J connectivity index is 3.00. The van der Waals surface area contributed by atoms with Crippen LogP contribution in [-0.4, -0.2) is 25.2 Å². The van der Waals surface area contributed by atoms with Crippen molar-refractivity contribution in [2.24, 2.45) is 0 Å². The molecule has 0 saturated carbocycles. The molecule has 1 atom stereocenters. The van der Waals surface area contributed by atoms with E-state index in [0.717, 1.165) is 12.5 Å². The first-order valence-corrected chi connectivity index (χ1v) is 6.24. The van der Waals surface area contributed by atoms with E-state index in [1.807, 2.05) is 6.92 Å². The van der Waals surface area contributed by atoms with E-state index in [1.165, 1.54) is 19.5 Å². The number of aromatic nitrogens is 1. The van der Waals surface area contributed by atoms with E-state index in [2.05, 4.69) is 10.3 Å². The fourth-order valence-electron chi connectivity index (χ4n) is 1.86. The van der Waals surface area contributed by atoms with Gasteiger partial charge in [-0.2, -0.15) is 13.2 Å². The van der Waals surface area contributed by atoms with Gasteiger partial charge in [0.05, 0.1) is 5.56 Å². The van der Waals surface area contributed by atoms with Gasteiger partial charge in [0.25, 0.3) is 0 Å². The number of hydrogen-bond donors (Lipinski definition) is 1. The summed E-state index contributed by atoms with van der Waals surface area (Å²) in [5.74, 6) is 0. The first-order chi connectivity index (χ1) is 9.00. The number of alkyl halides is 3. The Labute approximate surface area is 111 Å². The standard InChI is InChI=1S/C13H19F3N2O/c1-3-6-18-12(5-8-19-2)10-9-17-7-4-11(10)13(14,15)16/h4,7,9,12,18H,3,5-6,8H2,1-2H3. The molecule has 3 nitrogen and oxygen atoms in total. The molecule has 0 amide bonds. The SMILES string of the molecule is CCCNC(CCOC)c1cnccc1C(F)(F)F. The third-order valence-corrected chi connectivity index (χ3v) is 2.78. The minimum absolute atomic E-state index is 0.181. The van der Waals surface area contributed by atoms with Crippen LogP contribution in [0.4, 0.5) is 13.2 Å². The number of halogens is 3. The summed E-state index contributed by atoms with van der Waals surface area (Å²) in [6, 6.07) is 0.619. The van der Waals surface area contributed by atoms with Gasteiger partial charge < -0.3 is 10.1 Å². The summed E-state index contributed by atoms with van der Waals surface area (Å²) in [4.78, 5) is 3.82. The predicted octanol–water partition coefficient (Wildman–Crippen LogP) is 3.18. The van der Waals surface area contributed by atoms with Gasteiger partial charge in [-0.3, -0.25) is 4.98 Å². The number of nitrogens with one attached hydrogen (secondary N) is 1. The topological polar surface area (TPSA) is 34.1 Å². The van der Waals surface area contributed by atoms with Gasteiger partial charge in [-0.25, -0.2) is 0 Å². The van der Waals surface area contributed by atoms with Crippen LogP contribution in [0, 0.1) is 0 Å². The largest absolute Gasteiger partial charge is 0.416 e. The first-order valence-electron chi connectivity index (χ1n) is 6.24. The van der Waals surface area contributed by atoms with Crippen molar-refractivity contribution < 1.29 is 17.9 Å². The number of methoxy groups -OCH3 is 1. The highest BCUT2D eigenvalue weighted by Gasteiger charge is 2.35. The molecule has 0 aliphatic carbocycles. The van der Waals surface area contributed by atoms with Crippen LogP contribution in [0.1, 0.15) is 36.9 Å². The van der Waals surface area contributed by atoms with E-state index in [9.17, 15) is 13.2 Å². The van der Waals surface area contributed by atoms with Crippen molar-refractivity contribution in [1.29, 1.82) is 0 Å². The van der Waals surface area contributed by atoms with Crippen LogP contribution in [0.2, 0.25) is 0 Å². The Morgan fingerprint density at radius 3 is 2.74 bits per heavy atom. The van der Waals surface area contributed by atoms with Crippen molar-refractivity contribution >= 4 is 0 Å². The average Bonchev–Trinajstić information content (AvgIpc) is 2.38. The predicted molar refractivity (Wildman–Crippen MR) is 66.8 cm³/mol. The zero-order valence-corrected chi connectivity index (χ0v) is 11.1. The number of hydrogen-bond acceptors (Lipinski definition) is 3. The highest BCUT2D eigenvalue weighted by molar-refractivity contribution is 5.29. The van der Waals surface area contributed by atoms with E-state index in [1.54, 1.807) is 0 Å². The van der Waals surface area contributed by atoms with Gasteiger partial charge in [0.1, 0.15) is 0 Å². The lowest BCUT2D eigenvalue weighted by Gasteiger charge is -2.22. The summed E-state index contributed by atoms with van der Waals surface area (Å²) in [6.07, 6.45) is -0.584. The maximum absolute atomic E-state index is 13.0. The third kappa shape index (κ3) is 4.80. The van der Waals surface area contributed by atoms with E-state index in [0.29, 0.717) is 19.6 Å². The average molecular weight is 276 g/mol. The monoisotopic (exact) mass is 276 g/mol.